The molecule has 1 aromatic carbocycles. The molecule has 0 saturated carbocycles. The van der Waals surface area contributed by atoms with Gasteiger partial charge in [0.15, 0.2) is 0 Å². The summed E-state index contributed by atoms with van der Waals surface area (Å²) in [5.74, 6) is 0.328. The monoisotopic (exact) mass is 326 g/mol. The zero-order valence-electron chi connectivity index (χ0n) is 14.1. The van der Waals surface area contributed by atoms with Crippen LogP contribution in [0.3, 0.4) is 0 Å². The van der Waals surface area contributed by atoms with Crippen LogP contribution in [0, 0.1) is 5.92 Å². The molecule has 1 atom stereocenters. The van der Waals surface area contributed by atoms with E-state index < -0.39 is 0 Å². The number of carbonyl (C=O) groups is 1. The van der Waals surface area contributed by atoms with E-state index in [9.17, 15) is 4.79 Å². The van der Waals surface area contributed by atoms with Crippen LogP contribution in [0.4, 0.5) is 0 Å². The molecule has 5 heteroatoms. The number of nitrogens with one attached hydrogen (secondary N) is 1. The molecule has 5 nitrogen and oxygen atoms in total. The van der Waals surface area contributed by atoms with Crippen LogP contribution < -0.4 is 5.32 Å². The first-order chi connectivity index (χ1) is 11.8. The van der Waals surface area contributed by atoms with Gasteiger partial charge in [-0.2, -0.15) is 0 Å². The molecule has 128 valence electrons. The molecule has 3 rings (SSSR count). The predicted molar refractivity (Wildman–Crippen MR) is 94.3 cm³/mol. The zero-order valence-corrected chi connectivity index (χ0v) is 14.1. The van der Waals surface area contributed by atoms with E-state index in [4.69, 9.17) is 0 Å². The largest absolute Gasteiger partial charge is 0.356 e. The lowest BCUT2D eigenvalue weighted by molar-refractivity contribution is -0.126. The van der Waals surface area contributed by atoms with E-state index in [1.54, 1.807) is 6.20 Å². The van der Waals surface area contributed by atoms with Crippen molar-refractivity contribution < 1.29 is 4.79 Å². The van der Waals surface area contributed by atoms with Gasteiger partial charge in [-0.3, -0.25) is 9.69 Å². The van der Waals surface area contributed by atoms with Gasteiger partial charge in [0, 0.05) is 38.6 Å². The Hall–Kier alpha value is -2.14. The van der Waals surface area contributed by atoms with Crippen LogP contribution in [-0.2, 0) is 17.9 Å². The first kappa shape index (κ1) is 16.7. The molecule has 0 spiro atoms. The lowest BCUT2D eigenvalue weighted by Gasteiger charge is -2.32. The van der Waals surface area contributed by atoms with Crippen LogP contribution in [0.25, 0.3) is 0 Å². The normalized spacial score (nSPS) is 18.4. The van der Waals surface area contributed by atoms with Gasteiger partial charge in [0.05, 0.1) is 12.2 Å². The second-order valence-electron chi connectivity index (χ2n) is 6.50. The molecule has 24 heavy (non-hydrogen) atoms. The molecule has 1 fully saturated rings. The Morgan fingerprint density at radius 2 is 2.17 bits per heavy atom. The minimum atomic E-state index is 0.121. The van der Waals surface area contributed by atoms with Gasteiger partial charge in [-0.15, -0.1) is 0 Å². The van der Waals surface area contributed by atoms with Crippen molar-refractivity contribution in [1.82, 2.24) is 19.8 Å². The van der Waals surface area contributed by atoms with Crippen molar-refractivity contribution >= 4 is 5.91 Å². The Labute approximate surface area is 143 Å². The van der Waals surface area contributed by atoms with E-state index in [0.717, 1.165) is 52.0 Å². The van der Waals surface area contributed by atoms with Crippen molar-refractivity contribution in [2.24, 2.45) is 5.92 Å². The van der Waals surface area contributed by atoms with Gasteiger partial charge < -0.3 is 9.88 Å². The molecule has 2 aromatic rings. The standard InChI is InChI=1S/C19H26N4O/c24-19(21-9-5-12-22-13-10-20-16-22)18-8-4-11-23(15-18)14-17-6-2-1-3-7-17/h1-3,6-7,10,13,16,18H,4-5,8-9,11-12,14-15H2,(H,21,24). The molecule has 0 radical (unpaired) electrons. The fraction of sp³-hybridized carbons (Fsp3) is 0.474. The maximum absolute atomic E-state index is 12.4. The summed E-state index contributed by atoms with van der Waals surface area (Å²) in [5.41, 5.74) is 1.32. The lowest BCUT2D eigenvalue weighted by atomic mass is 9.96. The van der Waals surface area contributed by atoms with E-state index in [0.29, 0.717) is 0 Å². The van der Waals surface area contributed by atoms with Crippen molar-refractivity contribution in [3.8, 4) is 0 Å². The summed E-state index contributed by atoms with van der Waals surface area (Å²) < 4.78 is 2.04. The highest BCUT2D eigenvalue weighted by Crippen LogP contribution is 2.18. The summed E-state index contributed by atoms with van der Waals surface area (Å²) in [6.45, 7) is 4.50. The van der Waals surface area contributed by atoms with Gasteiger partial charge in [0.1, 0.15) is 0 Å². The van der Waals surface area contributed by atoms with Gasteiger partial charge in [-0.05, 0) is 31.4 Å². The topological polar surface area (TPSA) is 50.2 Å². The number of nitrogens with zero attached hydrogens (tertiary/aromatic N) is 3. The second-order valence-corrected chi connectivity index (χ2v) is 6.50. The van der Waals surface area contributed by atoms with Crippen LogP contribution in [0.15, 0.2) is 49.1 Å². The highest BCUT2D eigenvalue weighted by molar-refractivity contribution is 5.78. The minimum Gasteiger partial charge on any atom is -0.356 e. The molecule has 1 unspecified atom stereocenters. The Balaban J connectivity index is 1.39. The molecule has 2 heterocycles. The third-order valence-corrected chi connectivity index (χ3v) is 4.58. The van der Waals surface area contributed by atoms with E-state index in [1.165, 1.54) is 5.56 Å². The predicted octanol–water partition coefficient (Wildman–Crippen LogP) is 2.30. The number of benzene rings is 1. The summed E-state index contributed by atoms with van der Waals surface area (Å²) >= 11 is 0. The first-order valence-corrected chi connectivity index (χ1v) is 8.81. The van der Waals surface area contributed by atoms with E-state index in [2.05, 4.69) is 39.5 Å². The van der Waals surface area contributed by atoms with Gasteiger partial charge in [-0.1, -0.05) is 30.3 Å². The molecule has 1 aliphatic rings. The van der Waals surface area contributed by atoms with Crippen molar-refractivity contribution in [2.45, 2.75) is 32.4 Å². The molecule has 1 amide bonds. The van der Waals surface area contributed by atoms with Crippen LogP contribution in [0.1, 0.15) is 24.8 Å². The molecule has 0 aliphatic carbocycles. The van der Waals surface area contributed by atoms with Crippen molar-refractivity contribution in [3.05, 3.63) is 54.6 Å². The van der Waals surface area contributed by atoms with Crippen LogP contribution in [-0.4, -0.2) is 40.0 Å². The third-order valence-electron chi connectivity index (χ3n) is 4.58. The molecule has 1 aromatic heterocycles. The number of aryl methyl sites for hydroxylation is 1. The van der Waals surface area contributed by atoms with Crippen molar-refractivity contribution in [3.63, 3.8) is 0 Å². The molecule has 1 saturated heterocycles. The number of likely N-dealkylation sites (tertiary alicyclic amines) is 1. The van der Waals surface area contributed by atoms with Gasteiger partial charge in [0.25, 0.3) is 0 Å². The molecular weight excluding hydrogens is 300 g/mol. The molecule has 0 bridgehead atoms. The average molecular weight is 326 g/mol. The number of imidazole rings is 1. The maximum Gasteiger partial charge on any atom is 0.224 e. The van der Waals surface area contributed by atoms with E-state index >= 15 is 0 Å². The van der Waals surface area contributed by atoms with E-state index in [1.807, 2.05) is 23.2 Å². The van der Waals surface area contributed by atoms with Crippen molar-refractivity contribution in [1.29, 1.82) is 0 Å². The van der Waals surface area contributed by atoms with Crippen LogP contribution in [0.2, 0.25) is 0 Å². The quantitative estimate of drug-likeness (QED) is 0.794. The fourth-order valence-electron chi connectivity index (χ4n) is 3.29. The van der Waals surface area contributed by atoms with Crippen LogP contribution >= 0.6 is 0 Å². The van der Waals surface area contributed by atoms with E-state index in [-0.39, 0.29) is 11.8 Å². The summed E-state index contributed by atoms with van der Waals surface area (Å²) in [6.07, 6.45) is 8.57. The van der Waals surface area contributed by atoms with Gasteiger partial charge in [-0.25, -0.2) is 4.98 Å². The fourth-order valence-corrected chi connectivity index (χ4v) is 3.29. The average Bonchev–Trinajstić information content (AvgIpc) is 3.13. The van der Waals surface area contributed by atoms with Crippen molar-refractivity contribution in [2.75, 3.05) is 19.6 Å². The first-order valence-electron chi connectivity index (χ1n) is 8.81. The summed E-state index contributed by atoms with van der Waals surface area (Å²) in [5, 5.41) is 3.10. The third kappa shape index (κ3) is 4.93. The number of piperidine rings is 1. The van der Waals surface area contributed by atoms with Crippen LogP contribution in [0.5, 0.6) is 0 Å². The Kier molecular flexibility index (Phi) is 6.01. The molecule has 1 N–H and O–H groups in total. The Morgan fingerprint density at radius 3 is 2.96 bits per heavy atom. The molecule has 1 aliphatic heterocycles. The highest BCUT2D eigenvalue weighted by Gasteiger charge is 2.25. The van der Waals surface area contributed by atoms with Gasteiger partial charge in [0.2, 0.25) is 5.91 Å². The molecular formula is C19H26N4O. The summed E-state index contributed by atoms with van der Waals surface area (Å²) in [6, 6.07) is 10.5. The Morgan fingerprint density at radius 1 is 1.29 bits per heavy atom. The summed E-state index contributed by atoms with van der Waals surface area (Å²) in [4.78, 5) is 18.8. The number of hydrogen-bond donors (Lipinski definition) is 1. The van der Waals surface area contributed by atoms with Gasteiger partial charge >= 0.3 is 0 Å². The second kappa shape index (κ2) is 8.64. The lowest BCUT2D eigenvalue weighted by Crippen LogP contribution is -2.43. The number of rotatable bonds is 7. The number of hydrogen-bond acceptors (Lipinski definition) is 3. The maximum atomic E-state index is 12.4. The Bertz CT molecular complexity index is 612. The number of aromatic nitrogens is 2. The SMILES string of the molecule is O=C(NCCCn1ccnc1)C1CCCN(Cc2ccccc2)C1. The smallest absolute Gasteiger partial charge is 0.224 e. The minimum absolute atomic E-state index is 0.121. The summed E-state index contributed by atoms with van der Waals surface area (Å²) in [7, 11) is 0. The zero-order chi connectivity index (χ0) is 16.6. The highest BCUT2D eigenvalue weighted by atomic mass is 16.1. The number of carbonyl (C=O) groups excluding carboxylic acids is 1. The number of amides is 1.